The molecule has 2 aliphatic heterocycles. The van der Waals surface area contributed by atoms with E-state index in [1.54, 1.807) is 10.9 Å². The zero-order valence-corrected chi connectivity index (χ0v) is 22.2. The Morgan fingerprint density at radius 3 is 2.92 bits per heavy atom. The highest BCUT2D eigenvalue weighted by Gasteiger charge is 2.49. The van der Waals surface area contributed by atoms with Gasteiger partial charge in [0.1, 0.15) is 5.82 Å². The SMILES string of the molecule is CP(O)ONP(O)OCC1CCC(n2ncc3c(N4CC5(CCc6ccccc65)C4)nc(Cl)nc32)O1. The van der Waals surface area contributed by atoms with E-state index >= 15 is 0 Å². The molecule has 3 aliphatic rings. The molecule has 14 heteroatoms. The Balaban J connectivity index is 1.14. The fourth-order valence-electron chi connectivity index (χ4n) is 5.53. The first kappa shape index (κ1) is 24.8. The van der Waals surface area contributed by atoms with Crippen LogP contribution in [0.15, 0.2) is 30.5 Å². The molecule has 36 heavy (non-hydrogen) atoms. The number of anilines is 1. The summed E-state index contributed by atoms with van der Waals surface area (Å²) in [5.74, 6) is 0.806. The van der Waals surface area contributed by atoms with Crippen molar-refractivity contribution in [3.8, 4) is 0 Å². The van der Waals surface area contributed by atoms with Crippen molar-refractivity contribution in [1.29, 1.82) is 0 Å². The molecule has 2 aromatic heterocycles. The maximum Gasteiger partial charge on any atom is 0.278 e. The van der Waals surface area contributed by atoms with Gasteiger partial charge < -0.3 is 23.9 Å². The number of nitrogens with one attached hydrogen (secondary N) is 1. The van der Waals surface area contributed by atoms with Crippen molar-refractivity contribution in [3.63, 3.8) is 0 Å². The average Bonchev–Trinajstić information content (AvgIpc) is 3.56. The highest BCUT2D eigenvalue weighted by Crippen LogP contribution is 2.47. The molecule has 1 aliphatic carbocycles. The summed E-state index contributed by atoms with van der Waals surface area (Å²) in [4.78, 5) is 30.3. The van der Waals surface area contributed by atoms with Crippen LogP contribution in [0.25, 0.3) is 11.0 Å². The van der Waals surface area contributed by atoms with Crippen LogP contribution in [0, 0.1) is 0 Å². The van der Waals surface area contributed by atoms with Gasteiger partial charge in [-0.05, 0) is 48.4 Å². The minimum absolute atomic E-state index is 0.180. The van der Waals surface area contributed by atoms with Crippen LogP contribution in [0.1, 0.15) is 36.6 Å². The highest BCUT2D eigenvalue weighted by molar-refractivity contribution is 7.47. The van der Waals surface area contributed by atoms with Crippen molar-refractivity contribution < 1.29 is 23.7 Å². The predicted octanol–water partition coefficient (Wildman–Crippen LogP) is 3.55. The minimum Gasteiger partial charge on any atom is -0.354 e. The van der Waals surface area contributed by atoms with E-state index in [9.17, 15) is 4.89 Å². The molecule has 1 spiro atoms. The Kier molecular flexibility index (Phi) is 6.88. The molecule has 4 atom stereocenters. The van der Waals surface area contributed by atoms with Gasteiger partial charge in [0.25, 0.3) is 8.53 Å². The van der Waals surface area contributed by atoms with Crippen molar-refractivity contribution in [3.05, 3.63) is 46.9 Å². The van der Waals surface area contributed by atoms with Crippen molar-refractivity contribution in [2.45, 2.75) is 43.4 Å². The largest absolute Gasteiger partial charge is 0.354 e. The molecule has 6 rings (SSSR count). The van der Waals surface area contributed by atoms with Gasteiger partial charge in [-0.3, -0.25) is 0 Å². The molecule has 0 saturated carbocycles. The van der Waals surface area contributed by atoms with Crippen molar-refractivity contribution in [2.75, 3.05) is 31.3 Å². The van der Waals surface area contributed by atoms with E-state index in [-0.39, 0.29) is 29.6 Å². The molecule has 4 heterocycles. The van der Waals surface area contributed by atoms with Gasteiger partial charge in [0, 0.05) is 25.2 Å². The second-order valence-corrected chi connectivity index (χ2v) is 11.9. The lowest BCUT2D eigenvalue weighted by molar-refractivity contribution is -0.0224. The molecule has 0 bridgehead atoms. The topological polar surface area (TPSA) is 127 Å². The summed E-state index contributed by atoms with van der Waals surface area (Å²) in [6, 6.07) is 8.74. The molecule has 11 nitrogen and oxygen atoms in total. The fraction of sp³-hybridized carbons (Fsp3) is 0.500. The number of hydrogen-bond donors (Lipinski definition) is 3. The van der Waals surface area contributed by atoms with E-state index in [4.69, 9.17) is 30.4 Å². The van der Waals surface area contributed by atoms with E-state index in [0.717, 1.165) is 50.0 Å². The lowest BCUT2D eigenvalue weighted by atomic mass is 9.75. The van der Waals surface area contributed by atoms with Gasteiger partial charge in [-0.25, -0.2) is 9.31 Å². The zero-order valence-electron chi connectivity index (χ0n) is 19.6. The van der Waals surface area contributed by atoms with Gasteiger partial charge in [-0.1, -0.05) is 24.3 Å². The molecule has 192 valence electrons. The van der Waals surface area contributed by atoms with E-state index in [1.807, 2.05) is 0 Å². The average molecular weight is 553 g/mol. The summed E-state index contributed by atoms with van der Waals surface area (Å²) in [5, 5.41) is 7.91. The standard InChI is InChI=1S/C22H27ClN6O5P2/c1-35(30)34-27-36(31)32-11-15-6-7-18(33-15)29-20-16(10-24-29)19(25-21(23)26-20)28-12-22(13-28)9-8-14-4-2-3-5-17(14)22/h2-5,10,15,18,27,30-31H,6-9,11-13H2,1H3. The number of fused-ring (bicyclic) bond motifs is 3. The van der Waals surface area contributed by atoms with Crippen molar-refractivity contribution in [1.82, 2.24) is 25.0 Å². The number of nitrogens with zero attached hydrogens (tertiary/aromatic N) is 5. The quantitative estimate of drug-likeness (QED) is 0.217. The number of rotatable bonds is 8. The number of benzene rings is 1. The van der Waals surface area contributed by atoms with Crippen LogP contribution < -0.4 is 10.2 Å². The molecular formula is C22H27ClN6O5P2. The van der Waals surface area contributed by atoms with Gasteiger partial charge >= 0.3 is 0 Å². The first-order valence-corrected chi connectivity index (χ1v) is 15.0. The van der Waals surface area contributed by atoms with Gasteiger partial charge in [-0.2, -0.15) is 15.1 Å². The summed E-state index contributed by atoms with van der Waals surface area (Å²) in [7, 11) is -3.64. The summed E-state index contributed by atoms with van der Waals surface area (Å²) in [5.41, 5.74) is 3.73. The third-order valence-electron chi connectivity index (χ3n) is 7.15. The molecule has 1 aromatic carbocycles. The smallest absolute Gasteiger partial charge is 0.278 e. The molecule has 0 amide bonds. The van der Waals surface area contributed by atoms with Crippen LogP contribution in [0.2, 0.25) is 5.28 Å². The third kappa shape index (κ3) is 4.62. The number of halogens is 1. The zero-order chi connectivity index (χ0) is 24.9. The number of aryl methyl sites for hydroxylation is 1. The minimum atomic E-state index is -2.01. The Morgan fingerprint density at radius 2 is 2.08 bits per heavy atom. The van der Waals surface area contributed by atoms with E-state index < -0.39 is 16.9 Å². The monoisotopic (exact) mass is 552 g/mol. The Morgan fingerprint density at radius 1 is 1.25 bits per heavy atom. The van der Waals surface area contributed by atoms with E-state index in [0.29, 0.717) is 5.65 Å². The molecule has 4 unspecified atom stereocenters. The number of aromatic nitrogens is 4. The normalized spacial score (nSPS) is 24.3. The predicted molar refractivity (Wildman–Crippen MR) is 137 cm³/mol. The second-order valence-electron chi connectivity index (χ2n) is 9.44. The molecule has 3 aromatic rings. The molecule has 2 fully saturated rings. The van der Waals surface area contributed by atoms with Crippen LogP contribution in [0.4, 0.5) is 5.82 Å². The maximum atomic E-state index is 9.82. The van der Waals surface area contributed by atoms with Crippen molar-refractivity contribution in [2.24, 2.45) is 0 Å². The van der Waals surface area contributed by atoms with Gasteiger partial charge in [0.2, 0.25) is 5.28 Å². The first-order chi connectivity index (χ1) is 17.4. The van der Waals surface area contributed by atoms with Crippen LogP contribution in [0.3, 0.4) is 0 Å². The van der Waals surface area contributed by atoms with Gasteiger partial charge in [0.05, 0.1) is 24.3 Å². The van der Waals surface area contributed by atoms with E-state index in [2.05, 4.69) is 49.5 Å². The number of hydrogen-bond acceptors (Lipinski definition) is 10. The van der Waals surface area contributed by atoms with Gasteiger partial charge in [0.15, 0.2) is 20.3 Å². The maximum absolute atomic E-state index is 9.82. The molecule has 0 radical (unpaired) electrons. The molecular weight excluding hydrogens is 526 g/mol. The van der Waals surface area contributed by atoms with Crippen molar-refractivity contribution >= 4 is 45.4 Å². The summed E-state index contributed by atoms with van der Waals surface area (Å²) in [6.45, 7) is 3.46. The molecule has 2 saturated heterocycles. The highest BCUT2D eigenvalue weighted by atomic mass is 35.5. The van der Waals surface area contributed by atoms with Gasteiger partial charge in [-0.15, -0.1) is 5.25 Å². The first-order valence-electron chi connectivity index (χ1n) is 11.8. The third-order valence-corrected chi connectivity index (χ3v) is 8.46. The lowest BCUT2D eigenvalue weighted by Gasteiger charge is -2.49. The molecule has 3 N–H and O–H groups in total. The Hall–Kier alpha value is -1.52. The van der Waals surface area contributed by atoms with Crippen LogP contribution in [-0.4, -0.2) is 62.0 Å². The van der Waals surface area contributed by atoms with Crippen LogP contribution in [0.5, 0.6) is 0 Å². The second kappa shape index (κ2) is 9.98. The fourth-order valence-corrected chi connectivity index (χ4v) is 6.80. The number of ether oxygens (including phenoxy) is 1. The Labute approximate surface area is 215 Å². The summed E-state index contributed by atoms with van der Waals surface area (Å²) in [6.07, 6.45) is 4.96. The Bertz CT molecular complexity index is 1260. The summed E-state index contributed by atoms with van der Waals surface area (Å²) >= 11 is 6.37. The van der Waals surface area contributed by atoms with Crippen LogP contribution in [-0.2, 0) is 25.7 Å². The summed E-state index contributed by atoms with van der Waals surface area (Å²) < 4.78 is 18.0. The van der Waals surface area contributed by atoms with E-state index in [1.165, 1.54) is 17.8 Å². The van der Waals surface area contributed by atoms with Crippen LogP contribution >= 0.6 is 28.5 Å². The lowest BCUT2D eigenvalue weighted by Crippen LogP contribution is -2.58.